The highest BCUT2D eigenvalue weighted by Gasteiger charge is 2.24. The van der Waals surface area contributed by atoms with Crippen molar-refractivity contribution in [3.8, 4) is 0 Å². The maximum Gasteiger partial charge on any atom is 0.345 e. The first-order valence-electron chi connectivity index (χ1n) is 6.38. The highest BCUT2D eigenvalue weighted by molar-refractivity contribution is 6.31. The van der Waals surface area contributed by atoms with Gasteiger partial charge in [0.15, 0.2) is 6.61 Å². The molecular formula is C13H13ClN2O5. The summed E-state index contributed by atoms with van der Waals surface area (Å²) in [6.45, 7) is 0.865. The summed E-state index contributed by atoms with van der Waals surface area (Å²) in [6.07, 6.45) is 1.86. The van der Waals surface area contributed by atoms with Crippen LogP contribution in [0, 0.1) is 10.1 Å². The molecule has 1 saturated heterocycles. The van der Waals surface area contributed by atoms with Crippen LogP contribution in [0.3, 0.4) is 0 Å². The molecule has 2 rings (SSSR count). The normalized spacial score (nSPS) is 14.0. The lowest BCUT2D eigenvalue weighted by atomic mass is 10.2. The quantitative estimate of drug-likeness (QED) is 0.482. The van der Waals surface area contributed by atoms with E-state index in [0.29, 0.717) is 13.1 Å². The van der Waals surface area contributed by atoms with Crippen LogP contribution in [0.15, 0.2) is 18.2 Å². The zero-order valence-corrected chi connectivity index (χ0v) is 11.8. The van der Waals surface area contributed by atoms with Gasteiger partial charge in [0.1, 0.15) is 5.56 Å². The van der Waals surface area contributed by atoms with E-state index < -0.39 is 23.2 Å². The molecule has 1 aromatic rings. The average molecular weight is 313 g/mol. The van der Waals surface area contributed by atoms with Gasteiger partial charge in [-0.25, -0.2) is 4.79 Å². The zero-order valence-electron chi connectivity index (χ0n) is 11.1. The summed E-state index contributed by atoms with van der Waals surface area (Å²) in [5.74, 6) is -1.23. The molecule has 0 spiro atoms. The molecule has 1 amide bonds. The molecule has 1 fully saturated rings. The van der Waals surface area contributed by atoms with Crippen molar-refractivity contribution in [1.29, 1.82) is 0 Å². The Labute approximate surface area is 125 Å². The number of nitrogens with zero attached hydrogens (tertiary/aromatic N) is 2. The van der Waals surface area contributed by atoms with Gasteiger partial charge in [0.25, 0.3) is 11.6 Å². The minimum atomic E-state index is -0.934. The van der Waals surface area contributed by atoms with Gasteiger partial charge in [0.2, 0.25) is 0 Å². The number of nitro benzene ring substituents is 1. The van der Waals surface area contributed by atoms with Crippen molar-refractivity contribution in [3.63, 3.8) is 0 Å². The Morgan fingerprint density at radius 1 is 1.33 bits per heavy atom. The highest BCUT2D eigenvalue weighted by Crippen LogP contribution is 2.23. The molecule has 1 aliphatic heterocycles. The van der Waals surface area contributed by atoms with Crippen molar-refractivity contribution in [3.05, 3.63) is 38.9 Å². The Hall–Kier alpha value is -2.15. The number of nitro groups is 1. The number of ether oxygens (including phenoxy) is 1. The monoisotopic (exact) mass is 312 g/mol. The number of carbonyl (C=O) groups excluding carboxylic acids is 2. The molecule has 0 aromatic heterocycles. The highest BCUT2D eigenvalue weighted by atomic mass is 35.5. The number of benzene rings is 1. The summed E-state index contributed by atoms with van der Waals surface area (Å²) in [6, 6.07) is 3.59. The zero-order chi connectivity index (χ0) is 15.4. The van der Waals surface area contributed by atoms with Gasteiger partial charge in [-0.1, -0.05) is 11.6 Å². The molecule has 8 heteroatoms. The molecule has 0 atom stereocenters. The van der Waals surface area contributed by atoms with Gasteiger partial charge in [-0.15, -0.1) is 0 Å². The molecular weight excluding hydrogens is 300 g/mol. The van der Waals surface area contributed by atoms with Gasteiger partial charge in [-0.3, -0.25) is 14.9 Å². The number of hydrogen-bond donors (Lipinski definition) is 0. The van der Waals surface area contributed by atoms with E-state index in [9.17, 15) is 19.7 Å². The predicted octanol–water partition coefficient (Wildman–Crippen LogP) is 2.03. The number of amides is 1. The fourth-order valence-electron chi connectivity index (χ4n) is 2.09. The third-order valence-electron chi connectivity index (χ3n) is 3.16. The SMILES string of the molecule is O=C(OCC(=O)N1CCCC1)c1cc(Cl)ccc1[N+](=O)[O-]. The number of esters is 1. The molecule has 1 aliphatic rings. The summed E-state index contributed by atoms with van der Waals surface area (Å²) in [7, 11) is 0. The first kappa shape index (κ1) is 15.2. The van der Waals surface area contributed by atoms with Crippen LogP contribution in [0.25, 0.3) is 0 Å². The van der Waals surface area contributed by atoms with Crippen LogP contribution in [-0.2, 0) is 9.53 Å². The predicted molar refractivity (Wildman–Crippen MR) is 74.2 cm³/mol. The standard InChI is InChI=1S/C13H13ClN2O5/c14-9-3-4-11(16(19)20)10(7-9)13(18)21-8-12(17)15-5-1-2-6-15/h3-4,7H,1-2,5-6,8H2. The maximum atomic E-state index is 11.9. The molecule has 0 radical (unpaired) electrons. The Morgan fingerprint density at radius 2 is 2.00 bits per heavy atom. The summed E-state index contributed by atoms with van der Waals surface area (Å²) in [4.78, 5) is 35.4. The first-order chi connectivity index (χ1) is 9.99. The van der Waals surface area contributed by atoms with E-state index in [2.05, 4.69) is 0 Å². The number of likely N-dealkylation sites (tertiary alicyclic amines) is 1. The Kier molecular flexibility index (Phi) is 4.74. The molecule has 21 heavy (non-hydrogen) atoms. The van der Waals surface area contributed by atoms with Gasteiger partial charge in [0, 0.05) is 24.2 Å². The van der Waals surface area contributed by atoms with E-state index in [4.69, 9.17) is 16.3 Å². The molecule has 7 nitrogen and oxygen atoms in total. The topological polar surface area (TPSA) is 89.8 Å². The Morgan fingerprint density at radius 3 is 2.62 bits per heavy atom. The number of rotatable bonds is 4. The first-order valence-corrected chi connectivity index (χ1v) is 6.75. The van der Waals surface area contributed by atoms with E-state index >= 15 is 0 Å². The molecule has 0 unspecified atom stereocenters. The third kappa shape index (κ3) is 3.69. The van der Waals surface area contributed by atoms with Crippen molar-refractivity contribution in [2.45, 2.75) is 12.8 Å². The van der Waals surface area contributed by atoms with Gasteiger partial charge < -0.3 is 9.64 Å². The van der Waals surface area contributed by atoms with E-state index in [1.54, 1.807) is 4.90 Å². The van der Waals surface area contributed by atoms with Gasteiger partial charge in [0.05, 0.1) is 4.92 Å². The number of carbonyl (C=O) groups is 2. The molecule has 0 saturated carbocycles. The molecule has 1 heterocycles. The van der Waals surface area contributed by atoms with Crippen molar-refractivity contribution >= 4 is 29.2 Å². The second kappa shape index (κ2) is 6.53. The van der Waals surface area contributed by atoms with Crippen molar-refractivity contribution in [2.24, 2.45) is 0 Å². The fraction of sp³-hybridized carbons (Fsp3) is 0.385. The molecule has 0 N–H and O–H groups in total. The van der Waals surface area contributed by atoms with Crippen LogP contribution < -0.4 is 0 Å². The van der Waals surface area contributed by atoms with Crippen molar-refractivity contribution in [1.82, 2.24) is 4.90 Å². The van der Waals surface area contributed by atoms with Crippen LogP contribution in [0.2, 0.25) is 5.02 Å². The lowest BCUT2D eigenvalue weighted by Crippen LogP contribution is -2.32. The van der Waals surface area contributed by atoms with Crippen LogP contribution in [0.5, 0.6) is 0 Å². The van der Waals surface area contributed by atoms with Crippen LogP contribution >= 0.6 is 11.6 Å². The van der Waals surface area contributed by atoms with Crippen molar-refractivity contribution < 1.29 is 19.2 Å². The molecule has 112 valence electrons. The Bertz CT molecular complexity index is 584. The summed E-state index contributed by atoms with van der Waals surface area (Å²) < 4.78 is 4.85. The summed E-state index contributed by atoms with van der Waals surface area (Å²) >= 11 is 5.73. The van der Waals surface area contributed by atoms with Gasteiger partial charge >= 0.3 is 5.97 Å². The maximum absolute atomic E-state index is 11.9. The molecule has 0 bridgehead atoms. The van der Waals surface area contributed by atoms with Crippen LogP contribution in [0.1, 0.15) is 23.2 Å². The van der Waals surface area contributed by atoms with E-state index in [1.807, 2.05) is 0 Å². The van der Waals surface area contributed by atoms with Crippen LogP contribution in [0.4, 0.5) is 5.69 Å². The van der Waals surface area contributed by atoms with E-state index in [0.717, 1.165) is 25.0 Å². The third-order valence-corrected chi connectivity index (χ3v) is 3.40. The summed E-state index contributed by atoms with van der Waals surface area (Å²) in [5, 5.41) is 11.0. The van der Waals surface area contributed by atoms with Gasteiger partial charge in [-0.05, 0) is 25.0 Å². The van der Waals surface area contributed by atoms with Gasteiger partial charge in [-0.2, -0.15) is 0 Å². The second-order valence-electron chi connectivity index (χ2n) is 4.58. The minimum Gasteiger partial charge on any atom is -0.452 e. The van der Waals surface area contributed by atoms with E-state index in [-0.39, 0.29) is 16.5 Å². The second-order valence-corrected chi connectivity index (χ2v) is 5.02. The lowest BCUT2D eigenvalue weighted by Gasteiger charge is -2.14. The molecule has 1 aromatic carbocycles. The number of hydrogen-bond acceptors (Lipinski definition) is 5. The number of halogens is 1. The molecule has 0 aliphatic carbocycles. The fourth-order valence-corrected chi connectivity index (χ4v) is 2.27. The van der Waals surface area contributed by atoms with Crippen LogP contribution in [-0.4, -0.2) is 41.4 Å². The van der Waals surface area contributed by atoms with Crippen molar-refractivity contribution in [2.75, 3.05) is 19.7 Å². The minimum absolute atomic E-state index is 0.179. The lowest BCUT2D eigenvalue weighted by molar-refractivity contribution is -0.385. The average Bonchev–Trinajstić information content (AvgIpc) is 2.98. The Balaban J connectivity index is 2.04. The largest absolute Gasteiger partial charge is 0.452 e. The van der Waals surface area contributed by atoms with E-state index in [1.165, 1.54) is 6.07 Å². The smallest absolute Gasteiger partial charge is 0.345 e. The summed E-state index contributed by atoms with van der Waals surface area (Å²) in [5.41, 5.74) is -0.667.